The highest BCUT2D eigenvalue weighted by atomic mass is 15.3. The van der Waals surface area contributed by atoms with E-state index < -0.39 is 0 Å². The lowest BCUT2D eigenvalue weighted by molar-refractivity contribution is 0.0945. The van der Waals surface area contributed by atoms with Crippen molar-refractivity contribution in [2.45, 2.75) is 51.2 Å². The second-order valence-corrected chi connectivity index (χ2v) is 4.25. The summed E-state index contributed by atoms with van der Waals surface area (Å²) < 4.78 is 0. The number of nitrogens with one attached hydrogen (secondary N) is 1. The molecule has 0 aromatic rings. The second-order valence-electron chi connectivity index (χ2n) is 4.25. The zero-order chi connectivity index (χ0) is 8.55. The Bertz CT molecular complexity index is 154. The smallest absolute Gasteiger partial charge is 0.0351 e. The van der Waals surface area contributed by atoms with E-state index in [-0.39, 0.29) is 0 Å². The minimum absolute atomic E-state index is 0.835. The fourth-order valence-electron chi connectivity index (χ4n) is 2.65. The molecule has 2 aliphatic heterocycles. The van der Waals surface area contributed by atoms with Gasteiger partial charge in [0.15, 0.2) is 0 Å². The van der Waals surface area contributed by atoms with Crippen molar-refractivity contribution in [1.29, 1.82) is 0 Å². The SMILES string of the molecule is CCC1CCC(C)N1C1CNC1. The lowest BCUT2D eigenvalue weighted by Gasteiger charge is -2.41. The molecule has 2 fully saturated rings. The molecule has 2 heterocycles. The average molecular weight is 168 g/mol. The lowest BCUT2D eigenvalue weighted by atomic mass is 10.1. The summed E-state index contributed by atoms with van der Waals surface area (Å²) in [5, 5.41) is 3.36. The maximum Gasteiger partial charge on any atom is 0.0351 e. The standard InChI is InChI=1S/C10H20N2/c1-3-9-5-4-8(2)12(9)10-6-11-7-10/h8-11H,3-7H2,1-2H3. The van der Waals surface area contributed by atoms with Crippen molar-refractivity contribution in [1.82, 2.24) is 10.2 Å². The van der Waals surface area contributed by atoms with Crippen molar-refractivity contribution in [2.24, 2.45) is 0 Å². The van der Waals surface area contributed by atoms with Crippen LogP contribution < -0.4 is 5.32 Å². The van der Waals surface area contributed by atoms with E-state index in [0.29, 0.717) is 0 Å². The second kappa shape index (κ2) is 3.35. The number of hydrogen-bond acceptors (Lipinski definition) is 2. The molecule has 0 aromatic heterocycles. The molecular weight excluding hydrogens is 148 g/mol. The lowest BCUT2D eigenvalue weighted by Crippen LogP contribution is -2.60. The van der Waals surface area contributed by atoms with Crippen LogP contribution in [0.5, 0.6) is 0 Å². The average Bonchev–Trinajstić information content (AvgIpc) is 2.30. The van der Waals surface area contributed by atoms with Crippen LogP contribution in [0.2, 0.25) is 0 Å². The molecule has 0 amide bonds. The fraction of sp³-hybridized carbons (Fsp3) is 1.00. The molecule has 2 rings (SSSR count). The summed E-state index contributed by atoms with van der Waals surface area (Å²) in [7, 11) is 0. The summed E-state index contributed by atoms with van der Waals surface area (Å²) in [5.74, 6) is 0. The molecule has 0 aliphatic carbocycles. The third kappa shape index (κ3) is 1.27. The predicted octanol–water partition coefficient (Wildman–Crippen LogP) is 1.22. The molecule has 2 saturated heterocycles. The Balaban J connectivity index is 1.98. The maximum atomic E-state index is 3.36. The van der Waals surface area contributed by atoms with Gasteiger partial charge < -0.3 is 5.32 Å². The van der Waals surface area contributed by atoms with Gasteiger partial charge in [0, 0.05) is 31.2 Å². The van der Waals surface area contributed by atoms with E-state index >= 15 is 0 Å². The van der Waals surface area contributed by atoms with Gasteiger partial charge in [-0.1, -0.05) is 6.92 Å². The first-order valence-corrected chi connectivity index (χ1v) is 5.31. The summed E-state index contributed by atoms with van der Waals surface area (Å²) in [4.78, 5) is 2.75. The molecule has 0 bridgehead atoms. The van der Waals surface area contributed by atoms with Gasteiger partial charge in [-0.25, -0.2) is 0 Å². The van der Waals surface area contributed by atoms with Crippen LogP contribution in [0.1, 0.15) is 33.1 Å². The maximum absolute atomic E-state index is 3.36. The van der Waals surface area contributed by atoms with Gasteiger partial charge in [0.05, 0.1) is 0 Å². The Labute approximate surface area is 75.3 Å². The Kier molecular flexibility index (Phi) is 2.37. The topological polar surface area (TPSA) is 15.3 Å². The molecule has 2 aliphatic rings. The first kappa shape index (κ1) is 8.52. The van der Waals surface area contributed by atoms with Crippen molar-refractivity contribution >= 4 is 0 Å². The Morgan fingerprint density at radius 2 is 2.08 bits per heavy atom. The van der Waals surface area contributed by atoms with Crippen LogP contribution in [0.25, 0.3) is 0 Å². The molecule has 12 heavy (non-hydrogen) atoms. The zero-order valence-corrected chi connectivity index (χ0v) is 8.21. The highest BCUT2D eigenvalue weighted by Gasteiger charge is 2.36. The molecule has 0 aromatic carbocycles. The van der Waals surface area contributed by atoms with Gasteiger partial charge in [0.25, 0.3) is 0 Å². The Morgan fingerprint density at radius 3 is 2.58 bits per heavy atom. The summed E-state index contributed by atoms with van der Waals surface area (Å²) in [6, 6.07) is 2.57. The van der Waals surface area contributed by atoms with Gasteiger partial charge in [-0.2, -0.15) is 0 Å². The Morgan fingerprint density at radius 1 is 1.33 bits per heavy atom. The van der Waals surface area contributed by atoms with Crippen molar-refractivity contribution in [3.63, 3.8) is 0 Å². The van der Waals surface area contributed by atoms with Crippen LogP contribution in [-0.2, 0) is 0 Å². The molecular formula is C10H20N2. The highest BCUT2D eigenvalue weighted by molar-refractivity contribution is 4.94. The van der Waals surface area contributed by atoms with Gasteiger partial charge in [-0.15, -0.1) is 0 Å². The number of likely N-dealkylation sites (tertiary alicyclic amines) is 1. The third-order valence-corrected chi connectivity index (χ3v) is 3.50. The molecule has 70 valence electrons. The van der Waals surface area contributed by atoms with Crippen LogP contribution in [0.3, 0.4) is 0 Å². The van der Waals surface area contributed by atoms with E-state index in [1.807, 2.05) is 0 Å². The highest BCUT2D eigenvalue weighted by Crippen LogP contribution is 2.29. The van der Waals surface area contributed by atoms with Crippen LogP contribution >= 0.6 is 0 Å². The van der Waals surface area contributed by atoms with E-state index in [1.165, 1.54) is 32.4 Å². The van der Waals surface area contributed by atoms with E-state index in [4.69, 9.17) is 0 Å². The molecule has 0 spiro atoms. The zero-order valence-electron chi connectivity index (χ0n) is 8.21. The first-order chi connectivity index (χ1) is 5.83. The molecule has 0 radical (unpaired) electrons. The summed E-state index contributed by atoms with van der Waals surface area (Å²) in [5.41, 5.74) is 0. The van der Waals surface area contributed by atoms with Crippen molar-refractivity contribution < 1.29 is 0 Å². The number of nitrogens with zero attached hydrogens (tertiary/aromatic N) is 1. The number of hydrogen-bond donors (Lipinski definition) is 1. The van der Waals surface area contributed by atoms with Crippen molar-refractivity contribution in [2.75, 3.05) is 13.1 Å². The van der Waals surface area contributed by atoms with Gasteiger partial charge >= 0.3 is 0 Å². The molecule has 2 heteroatoms. The normalized spacial score (nSPS) is 38.5. The van der Waals surface area contributed by atoms with Crippen LogP contribution in [-0.4, -0.2) is 36.1 Å². The largest absolute Gasteiger partial charge is 0.314 e. The molecule has 2 nitrogen and oxygen atoms in total. The molecule has 1 N–H and O–H groups in total. The van der Waals surface area contributed by atoms with Crippen LogP contribution in [0.4, 0.5) is 0 Å². The molecule has 2 unspecified atom stereocenters. The van der Waals surface area contributed by atoms with Gasteiger partial charge in [-0.05, 0) is 26.2 Å². The van der Waals surface area contributed by atoms with Crippen LogP contribution in [0, 0.1) is 0 Å². The van der Waals surface area contributed by atoms with E-state index in [0.717, 1.165) is 18.1 Å². The van der Waals surface area contributed by atoms with Gasteiger partial charge in [-0.3, -0.25) is 4.90 Å². The van der Waals surface area contributed by atoms with Crippen LogP contribution in [0.15, 0.2) is 0 Å². The number of rotatable bonds is 2. The summed E-state index contributed by atoms with van der Waals surface area (Å²) in [6.45, 7) is 7.15. The molecule has 0 saturated carbocycles. The minimum Gasteiger partial charge on any atom is -0.314 e. The molecule has 2 atom stereocenters. The third-order valence-electron chi connectivity index (χ3n) is 3.50. The quantitative estimate of drug-likeness (QED) is 0.667. The van der Waals surface area contributed by atoms with Gasteiger partial charge in [0.2, 0.25) is 0 Å². The first-order valence-electron chi connectivity index (χ1n) is 5.31. The van der Waals surface area contributed by atoms with E-state index in [2.05, 4.69) is 24.1 Å². The van der Waals surface area contributed by atoms with E-state index in [9.17, 15) is 0 Å². The van der Waals surface area contributed by atoms with Crippen molar-refractivity contribution in [3.8, 4) is 0 Å². The Hall–Kier alpha value is -0.0800. The van der Waals surface area contributed by atoms with E-state index in [1.54, 1.807) is 0 Å². The summed E-state index contributed by atoms with van der Waals surface area (Å²) >= 11 is 0. The monoisotopic (exact) mass is 168 g/mol. The van der Waals surface area contributed by atoms with Gasteiger partial charge in [0.1, 0.15) is 0 Å². The fourth-order valence-corrected chi connectivity index (χ4v) is 2.65. The summed E-state index contributed by atoms with van der Waals surface area (Å²) in [6.07, 6.45) is 4.17. The van der Waals surface area contributed by atoms with Crippen molar-refractivity contribution in [3.05, 3.63) is 0 Å². The predicted molar refractivity (Wildman–Crippen MR) is 51.3 cm³/mol. The minimum atomic E-state index is 0.835.